The summed E-state index contributed by atoms with van der Waals surface area (Å²) in [4.78, 5) is 24.2. The van der Waals surface area contributed by atoms with Gasteiger partial charge >= 0.3 is 0 Å². The van der Waals surface area contributed by atoms with Crippen LogP contribution in [0.1, 0.15) is 48.0 Å². The number of ether oxygens (including phenoxy) is 1. The molecule has 23 heavy (non-hydrogen) atoms. The van der Waals surface area contributed by atoms with Crippen LogP contribution in [0.5, 0.6) is 0 Å². The average Bonchev–Trinajstić information content (AvgIpc) is 3.07. The summed E-state index contributed by atoms with van der Waals surface area (Å²) in [7, 11) is 0. The van der Waals surface area contributed by atoms with E-state index in [9.17, 15) is 9.59 Å². The van der Waals surface area contributed by atoms with Gasteiger partial charge in [-0.3, -0.25) is 9.59 Å². The molecule has 0 unspecified atom stereocenters. The van der Waals surface area contributed by atoms with E-state index in [0.29, 0.717) is 31.2 Å². The summed E-state index contributed by atoms with van der Waals surface area (Å²) in [5, 5.41) is 5.67. The van der Waals surface area contributed by atoms with Gasteiger partial charge < -0.3 is 15.4 Å². The molecule has 2 N–H and O–H groups in total. The molecule has 124 valence electrons. The molecule has 2 amide bonds. The highest BCUT2D eigenvalue weighted by molar-refractivity contribution is 6.00. The van der Waals surface area contributed by atoms with Gasteiger partial charge in [0.1, 0.15) is 6.04 Å². The van der Waals surface area contributed by atoms with Crippen molar-refractivity contribution < 1.29 is 14.3 Å². The van der Waals surface area contributed by atoms with Crippen molar-refractivity contribution in [2.75, 3.05) is 13.2 Å². The average molecular weight is 316 g/mol. The van der Waals surface area contributed by atoms with Gasteiger partial charge in [-0.25, -0.2) is 0 Å². The molecule has 5 heteroatoms. The van der Waals surface area contributed by atoms with Gasteiger partial charge in [-0.15, -0.1) is 0 Å². The predicted molar refractivity (Wildman–Crippen MR) is 87.2 cm³/mol. The maximum Gasteiger partial charge on any atom is 0.252 e. The van der Waals surface area contributed by atoms with Gasteiger partial charge in [0.2, 0.25) is 5.91 Å². The third-order valence-electron chi connectivity index (χ3n) is 4.58. The van der Waals surface area contributed by atoms with Crippen LogP contribution in [0.2, 0.25) is 0 Å². The molecule has 2 aliphatic rings. The van der Waals surface area contributed by atoms with E-state index in [1.165, 1.54) is 25.7 Å². The van der Waals surface area contributed by atoms with Crippen molar-refractivity contribution >= 4 is 11.8 Å². The van der Waals surface area contributed by atoms with Crippen LogP contribution in [0.3, 0.4) is 0 Å². The van der Waals surface area contributed by atoms with Crippen molar-refractivity contribution in [1.82, 2.24) is 10.6 Å². The summed E-state index contributed by atoms with van der Waals surface area (Å²) < 4.78 is 5.77. The summed E-state index contributed by atoms with van der Waals surface area (Å²) >= 11 is 0. The van der Waals surface area contributed by atoms with Crippen LogP contribution in [0.4, 0.5) is 0 Å². The highest BCUT2D eigenvalue weighted by Crippen LogP contribution is 2.20. The standard InChI is InChI=1S/C18H24N2O3/c21-17-15-9-4-1-6-13(15)12-16(20-17)18(22)19-10-5-11-23-14-7-2-3-8-14/h1,4,6,9,14,16H,2-3,5,7-8,10-12H2,(H,19,22)(H,20,21)/t16-/m1/s1. The highest BCUT2D eigenvalue weighted by atomic mass is 16.5. The number of benzene rings is 1. The van der Waals surface area contributed by atoms with E-state index in [2.05, 4.69) is 10.6 Å². The molecule has 1 aliphatic carbocycles. The molecule has 0 spiro atoms. The summed E-state index contributed by atoms with van der Waals surface area (Å²) in [6.07, 6.45) is 6.64. The molecule has 0 radical (unpaired) electrons. The number of carbonyl (C=O) groups is 2. The lowest BCUT2D eigenvalue weighted by molar-refractivity contribution is -0.123. The van der Waals surface area contributed by atoms with E-state index in [4.69, 9.17) is 4.74 Å². The van der Waals surface area contributed by atoms with E-state index in [1.807, 2.05) is 18.2 Å². The molecule has 0 aromatic heterocycles. The van der Waals surface area contributed by atoms with E-state index in [0.717, 1.165) is 12.0 Å². The van der Waals surface area contributed by atoms with E-state index >= 15 is 0 Å². The van der Waals surface area contributed by atoms with Crippen LogP contribution in [0.25, 0.3) is 0 Å². The van der Waals surface area contributed by atoms with Crippen molar-refractivity contribution in [3.8, 4) is 0 Å². The third kappa shape index (κ3) is 4.10. The maximum absolute atomic E-state index is 12.2. The summed E-state index contributed by atoms with van der Waals surface area (Å²) in [5.41, 5.74) is 1.60. The number of amides is 2. The Balaban J connectivity index is 1.40. The van der Waals surface area contributed by atoms with Crippen LogP contribution < -0.4 is 10.6 Å². The van der Waals surface area contributed by atoms with Gasteiger partial charge in [0.25, 0.3) is 5.91 Å². The normalized spacial score (nSPS) is 20.9. The van der Waals surface area contributed by atoms with Gasteiger partial charge in [-0.05, 0) is 30.9 Å². The number of hydrogen-bond acceptors (Lipinski definition) is 3. The van der Waals surface area contributed by atoms with Crippen molar-refractivity contribution in [3.05, 3.63) is 35.4 Å². The molecular formula is C18H24N2O3. The van der Waals surface area contributed by atoms with Gasteiger partial charge in [0.05, 0.1) is 6.10 Å². The van der Waals surface area contributed by atoms with Crippen LogP contribution in [0.15, 0.2) is 24.3 Å². The quantitative estimate of drug-likeness (QED) is 0.787. The van der Waals surface area contributed by atoms with Crippen molar-refractivity contribution in [3.63, 3.8) is 0 Å². The van der Waals surface area contributed by atoms with Crippen LogP contribution in [-0.4, -0.2) is 37.1 Å². The summed E-state index contributed by atoms with van der Waals surface area (Å²) in [6.45, 7) is 1.27. The Morgan fingerprint density at radius 1 is 1.26 bits per heavy atom. The monoisotopic (exact) mass is 316 g/mol. The van der Waals surface area contributed by atoms with Crippen LogP contribution in [0, 0.1) is 0 Å². The SMILES string of the molecule is O=C1N[C@@H](C(=O)NCCCOC2CCCC2)Cc2ccccc21. The Morgan fingerprint density at radius 2 is 2.04 bits per heavy atom. The minimum atomic E-state index is -0.479. The van der Waals surface area contributed by atoms with Crippen molar-refractivity contribution in [1.29, 1.82) is 0 Å². The van der Waals surface area contributed by atoms with Gasteiger partial charge in [0.15, 0.2) is 0 Å². The third-order valence-corrected chi connectivity index (χ3v) is 4.58. The zero-order chi connectivity index (χ0) is 16.1. The predicted octanol–water partition coefficient (Wildman–Crippen LogP) is 1.81. The lowest BCUT2D eigenvalue weighted by Gasteiger charge is -2.24. The summed E-state index contributed by atoms with van der Waals surface area (Å²) in [5.74, 6) is -0.287. The second kappa shape index (κ2) is 7.59. The second-order valence-electron chi connectivity index (χ2n) is 6.31. The fraction of sp³-hybridized carbons (Fsp3) is 0.556. The fourth-order valence-corrected chi connectivity index (χ4v) is 3.30. The van der Waals surface area contributed by atoms with Crippen molar-refractivity contribution in [2.45, 2.75) is 50.7 Å². The molecule has 0 saturated heterocycles. The lowest BCUT2D eigenvalue weighted by atomic mass is 9.95. The molecule has 0 bridgehead atoms. The Morgan fingerprint density at radius 3 is 2.87 bits per heavy atom. The topological polar surface area (TPSA) is 67.4 Å². The minimum Gasteiger partial charge on any atom is -0.378 e. The first-order valence-corrected chi connectivity index (χ1v) is 8.52. The zero-order valence-corrected chi connectivity index (χ0v) is 13.3. The molecule has 1 heterocycles. The molecule has 1 saturated carbocycles. The lowest BCUT2D eigenvalue weighted by Crippen LogP contribution is -2.51. The largest absolute Gasteiger partial charge is 0.378 e. The zero-order valence-electron chi connectivity index (χ0n) is 13.3. The van der Waals surface area contributed by atoms with Crippen LogP contribution >= 0.6 is 0 Å². The van der Waals surface area contributed by atoms with Crippen molar-refractivity contribution in [2.24, 2.45) is 0 Å². The minimum absolute atomic E-state index is 0.117. The molecule has 3 rings (SSSR count). The first kappa shape index (κ1) is 16.0. The molecular weight excluding hydrogens is 292 g/mol. The smallest absolute Gasteiger partial charge is 0.252 e. The fourth-order valence-electron chi connectivity index (χ4n) is 3.30. The number of carbonyl (C=O) groups excluding carboxylic acids is 2. The molecule has 1 aromatic rings. The second-order valence-corrected chi connectivity index (χ2v) is 6.31. The molecule has 1 atom stereocenters. The maximum atomic E-state index is 12.2. The summed E-state index contributed by atoms with van der Waals surface area (Å²) in [6, 6.07) is 6.95. The molecule has 1 aliphatic heterocycles. The number of hydrogen-bond donors (Lipinski definition) is 2. The Hall–Kier alpha value is -1.88. The Kier molecular flexibility index (Phi) is 5.28. The van der Waals surface area contributed by atoms with E-state index < -0.39 is 6.04 Å². The van der Waals surface area contributed by atoms with E-state index in [-0.39, 0.29) is 11.8 Å². The number of fused-ring (bicyclic) bond motifs is 1. The number of nitrogens with one attached hydrogen (secondary N) is 2. The first-order chi connectivity index (χ1) is 11.2. The molecule has 1 fully saturated rings. The number of rotatable bonds is 6. The van der Waals surface area contributed by atoms with Gasteiger partial charge in [-0.2, -0.15) is 0 Å². The molecule has 1 aromatic carbocycles. The molecule has 5 nitrogen and oxygen atoms in total. The van der Waals surface area contributed by atoms with Gasteiger partial charge in [-0.1, -0.05) is 31.0 Å². The first-order valence-electron chi connectivity index (χ1n) is 8.52. The highest BCUT2D eigenvalue weighted by Gasteiger charge is 2.28. The van der Waals surface area contributed by atoms with E-state index in [1.54, 1.807) is 6.07 Å². The van der Waals surface area contributed by atoms with Gasteiger partial charge in [0, 0.05) is 25.1 Å². The Labute approximate surface area is 136 Å². The Bertz CT molecular complexity index is 567. The van der Waals surface area contributed by atoms with Crippen LogP contribution in [-0.2, 0) is 16.0 Å².